The van der Waals surface area contributed by atoms with E-state index < -0.39 is 0 Å². The maximum Gasteiger partial charge on any atom is 0.254 e. The normalized spacial score (nSPS) is 18.0. The van der Waals surface area contributed by atoms with Crippen LogP contribution in [0.3, 0.4) is 0 Å². The zero-order valence-electron chi connectivity index (χ0n) is 13.2. The van der Waals surface area contributed by atoms with Crippen LogP contribution in [-0.2, 0) is 4.79 Å². The maximum atomic E-state index is 12.7. The highest BCUT2D eigenvalue weighted by atomic mass is 32.2. The molecule has 1 aliphatic rings. The monoisotopic (exact) mass is 346 g/mol. The van der Waals surface area contributed by atoms with Crippen molar-refractivity contribution in [1.82, 2.24) is 4.90 Å². The summed E-state index contributed by atoms with van der Waals surface area (Å²) in [5.74, 6) is -0.0704. The number of thiophene rings is 1. The molecule has 2 amide bonds. The molecule has 0 bridgehead atoms. The van der Waals surface area contributed by atoms with Crippen LogP contribution in [0, 0.1) is 0 Å². The van der Waals surface area contributed by atoms with Crippen LogP contribution < -0.4 is 5.32 Å². The molecule has 2 atom stereocenters. The lowest BCUT2D eigenvalue weighted by Gasteiger charge is -2.26. The Morgan fingerprint density at radius 3 is 2.83 bits per heavy atom. The number of carbonyl (C=O) groups excluding carboxylic acids is 2. The van der Waals surface area contributed by atoms with Gasteiger partial charge in [-0.2, -0.15) is 0 Å². The van der Waals surface area contributed by atoms with E-state index in [1.165, 1.54) is 11.8 Å². The fourth-order valence-corrected chi connectivity index (χ4v) is 4.20. The summed E-state index contributed by atoms with van der Waals surface area (Å²) in [6, 6.07) is 9.54. The van der Waals surface area contributed by atoms with Gasteiger partial charge >= 0.3 is 0 Å². The van der Waals surface area contributed by atoms with Gasteiger partial charge in [-0.3, -0.25) is 9.59 Å². The molecule has 120 valence electrons. The van der Waals surface area contributed by atoms with E-state index in [0.717, 1.165) is 15.5 Å². The third kappa shape index (κ3) is 3.14. The Morgan fingerprint density at radius 1 is 1.35 bits per heavy atom. The molecule has 0 fully saturated rings. The second kappa shape index (κ2) is 6.37. The molecule has 6 heteroatoms. The van der Waals surface area contributed by atoms with Crippen molar-refractivity contribution in [3.8, 4) is 0 Å². The van der Waals surface area contributed by atoms with E-state index in [1.807, 2.05) is 50.5 Å². The van der Waals surface area contributed by atoms with Crippen molar-refractivity contribution in [2.24, 2.45) is 0 Å². The van der Waals surface area contributed by atoms with Crippen LogP contribution in [0.25, 0.3) is 0 Å². The summed E-state index contributed by atoms with van der Waals surface area (Å²) in [4.78, 5) is 28.4. The first-order chi connectivity index (χ1) is 11.0. The van der Waals surface area contributed by atoms with Gasteiger partial charge in [0, 0.05) is 22.4 Å². The minimum atomic E-state index is -0.106. The van der Waals surface area contributed by atoms with Gasteiger partial charge in [-0.25, -0.2) is 0 Å². The minimum absolute atomic E-state index is 0.0162. The van der Waals surface area contributed by atoms with Crippen molar-refractivity contribution < 1.29 is 9.59 Å². The Labute approximate surface area is 143 Å². The predicted octanol–water partition coefficient (Wildman–Crippen LogP) is 4.01. The maximum absolute atomic E-state index is 12.7. The molecule has 1 N–H and O–H groups in total. The number of benzene rings is 1. The molecule has 23 heavy (non-hydrogen) atoms. The summed E-state index contributed by atoms with van der Waals surface area (Å²) in [6.45, 7) is 3.89. The molecule has 1 aromatic heterocycles. The molecule has 3 rings (SSSR count). The number of nitrogens with one attached hydrogen (secondary N) is 1. The summed E-state index contributed by atoms with van der Waals surface area (Å²) in [6.07, 6.45) is 0. The van der Waals surface area contributed by atoms with Crippen molar-refractivity contribution in [2.45, 2.75) is 30.0 Å². The summed E-state index contributed by atoms with van der Waals surface area (Å²) < 4.78 is 0. The summed E-state index contributed by atoms with van der Waals surface area (Å²) in [5.41, 5.74) is 1.31. The van der Waals surface area contributed by atoms with Gasteiger partial charge in [0.1, 0.15) is 0 Å². The van der Waals surface area contributed by atoms with Crippen LogP contribution in [0.1, 0.15) is 35.1 Å². The van der Waals surface area contributed by atoms with Crippen molar-refractivity contribution in [3.05, 3.63) is 46.2 Å². The number of rotatable bonds is 3. The molecule has 1 aromatic carbocycles. The smallest absolute Gasteiger partial charge is 0.254 e. The zero-order valence-corrected chi connectivity index (χ0v) is 14.8. The third-order valence-electron chi connectivity index (χ3n) is 4.01. The van der Waals surface area contributed by atoms with Crippen LogP contribution in [0.5, 0.6) is 0 Å². The fourth-order valence-electron chi connectivity index (χ4n) is 2.44. The Bertz CT molecular complexity index is 743. The average molecular weight is 346 g/mol. The second-order valence-electron chi connectivity index (χ2n) is 5.57. The fraction of sp³-hybridized carbons (Fsp3) is 0.294. The van der Waals surface area contributed by atoms with Crippen molar-refractivity contribution in [1.29, 1.82) is 0 Å². The van der Waals surface area contributed by atoms with Crippen LogP contribution in [-0.4, -0.2) is 29.0 Å². The molecule has 4 nitrogen and oxygen atoms in total. The lowest BCUT2D eigenvalue weighted by molar-refractivity contribution is -0.115. The molecular weight excluding hydrogens is 328 g/mol. The number of carbonyl (C=O) groups is 2. The van der Waals surface area contributed by atoms with Gasteiger partial charge in [0.25, 0.3) is 5.91 Å². The van der Waals surface area contributed by atoms with Crippen molar-refractivity contribution >= 4 is 40.6 Å². The molecule has 2 heterocycles. The number of hydrogen-bond acceptors (Lipinski definition) is 4. The molecule has 2 aromatic rings. The predicted molar refractivity (Wildman–Crippen MR) is 95.2 cm³/mol. The largest absolute Gasteiger partial charge is 0.334 e. The van der Waals surface area contributed by atoms with Crippen molar-refractivity contribution in [2.75, 3.05) is 12.4 Å². The molecule has 0 spiro atoms. The highest BCUT2D eigenvalue weighted by Gasteiger charge is 2.25. The number of hydrogen-bond donors (Lipinski definition) is 1. The quantitative estimate of drug-likeness (QED) is 0.913. The Kier molecular flexibility index (Phi) is 4.46. The zero-order chi connectivity index (χ0) is 16.6. The number of thioether (sulfide) groups is 1. The number of nitrogens with zero attached hydrogens (tertiary/aromatic N) is 1. The van der Waals surface area contributed by atoms with Gasteiger partial charge in [0.2, 0.25) is 5.91 Å². The summed E-state index contributed by atoms with van der Waals surface area (Å²) >= 11 is 3.16. The van der Waals surface area contributed by atoms with Crippen LogP contribution in [0.4, 0.5) is 5.69 Å². The molecule has 0 aliphatic carbocycles. The van der Waals surface area contributed by atoms with Gasteiger partial charge < -0.3 is 10.2 Å². The molecular formula is C17H18N2O2S2. The average Bonchev–Trinajstić information content (AvgIpc) is 3.08. The third-order valence-corrected chi connectivity index (χ3v) is 6.23. The molecule has 0 saturated carbocycles. The topological polar surface area (TPSA) is 49.4 Å². The Hall–Kier alpha value is -1.79. The molecule has 0 radical (unpaired) electrons. The minimum Gasteiger partial charge on any atom is -0.334 e. The Morgan fingerprint density at radius 2 is 2.13 bits per heavy atom. The van der Waals surface area contributed by atoms with Crippen LogP contribution in [0.2, 0.25) is 0 Å². The summed E-state index contributed by atoms with van der Waals surface area (Å²) in [5, 5.41) is 4.78. The van der Waals surface area contributed by atoms with Gasteiger partial charge in [-0.15, -0.1) is 23.1 Å². The molecule has 0 saturated heterocycles. The number of fused-ring (bicyclic) bond motifs is 1. The van der Waals surface area contributed by atoms with Gasteiger partial charge in [-0.1, -0.05) is 6.07 Å². The van der Waals surface area contributed by atoms with E-state index in [-0.39, 0.29) is 23.1 Å². The second-order valence-corrected chi connectivity index (χ2v) is 7.93. The standard InChI is InChI=1S/C17H18N2O2S2/c1-10(14-5-4-8-22-14)19(3)17(21)12-6-7-15-13(9-12)18-16(20)11(2)23-15/h4-11H,1-3H3,(H,18,20)/t10-,11+/m1/s1. The first-order valence-corrected chi connectivity index (χ1v) is 9.15. The van der Waals surface area contributed by atoms with Gasteiger partial charge in [0.05, 0.1) is 17.0 Å². The summed E-state index contributed by atoms with van der Waals surface area (Å²) in [7, 11) is 1.81. The number of amides is 2. The first kappa shape index (κ1) is 16.1. The SMILES string of the molecule is C[C@@H]1Sc2ccc(C(=O)N(C)[C@H](C)c3cccs3)cc2NC1=O. The van der Waals surface area contributed by atoms with Gasteiger partial charge in [-0.05, 0) is 43.5 Å². The first-order valence-electron chi connectivity index (χ1n) is 7.39. The number of anilines is 1. The van der Waals surface area contributed by atoms with Gasteiger partial charge in [0.15, 0.2) is 0 Å². The van der Waals surface area contributed by atoms with E-state index in [9.17, 15) is 9.59 Å². The lowest BCUT2D eigenvalue weighted by atomic mass is 10.1. The van der Waals surface area contributed by atoms with E-state index in [4.69, 9.17) is 0 Å². The highest BCUT2D eigenvalue weighted by molar-refractivity contribution is 8.00. The van der Waals surface area contributed by atoms with Crippen LogP contribution >= 0.6 is 23.1 Å². The highest BCUT2D eigenvalue weighted by Crippen LogP contribution is 2.36. The van der Waals surface area contributed by atoms with Crippen LogP contribution in [0.15, 0.2) is 40.6 Å². The van der Waals surface area contributed by atoms with Crippen molar-refractivity contribution in [3.63, 3.8) is 0 Å². The van der Waals surface area contributed by atoms with E-state index in [0.29, 0.717) is 5.56 Å². The van der Waals surface area contributed by atoms with E-state index in [2.05, 4.69) is 5.32 Å². The Balaban J connectivity index is 1.83. The molecule has 0 unspecified atom stereocenters. The lowest BCUT2D eigenvalue weighted by Crippen LogP contribution is -2.30. The van der Waals surface area contributed by atoms with E-state index >= 15 is 0 Å². The molecule has 1 aliphatic heterocycles. The van der Waals surface area contributed by atoms with E-state index in [1.54, 1.807) is 22.3 Å².